The number of thioether (sulfide) groups is 1. The summed E-state index contributed by atoms with van der Waals surface area (Å²) in [6.45, 7) is 6.43. The number of likely N-dealkylation sites (tertiary alicyclic amines) is 1. The molecule has 5 atom stereocenters. The first kappa shape index (κ1) is 19.6. The maximum atomic E-state index is 13.6. The summed E-state index contributed by atoms with van der Waals surface area (Å²) in [6.07, 6.45) is 1.51. The lowest BCUT2D eigenvalue weighted by molar-refractivity contribution is -0.158. The van der Waals surface area contributed by atoms with E-state index in [1.54, 1.807) is 11.8 Å². The fraction of sp³-hybridized carbons (Fsp3) is 0.600. The van der Waals surface area contributed by atoms with Gasteiger partial charge in [0, 0.05) is 16.4 Å². The van der Waals surface area contributed by atoms with Gasteiger partial charge in [-0.1, -0.05) is 30.3 Å². The molecule has 0 N–H and O–H groups in total. The number of thiol groups is 1. The molecular weight excluding hydrogens is 366 g/mol. The molecule has 1 aromatic carbocycles. The van der Waals surface area contributed by atoms with Crippen molar-refractivity contribution in [2.24, 2.45) is 10.8 Å². The third-order valence-electron chi connectivity index (χ3n) is 6.30. The Hall–Kier alpha value is -1.14. The molecule has 3 rings (SSSR count). The summed E-state index contributed by atoms with van der Waals surface area (Å²) < 4.78 is 5.30. The van der Waals surface area contributed by atoms with Gasteiger partial charge in [-0.25, -0.2) is 0 Å². The molecule has 1 saturated heterocycles. The number of nitrogens with zero attached hydrogens (tertiary/aromatic N) is 1. The second-order valence-electron chi connectivity index (χ2n) is 7.56. The third kappa shape index (κ3) is 2.76. The van der Waals surface area contributed by atoms with Gasteiger partial charge in [0.2, 0.25) is 5.91 Å². The molecule has 1 aliphatic heterocycles. The van der Waals surface area contributed by atoms with Crippen molar-refractivity contribution in [3.05, 3.63) is 35.9 Å². The topological polar surface area (TPSA) is 46.6 Å². The zero-order valence-corrected chi connectivity index (χ0v) is 17.5. The molecule has 4 unspecified atom stereocenters. The van der Waals surface area contributed by atoms with Crippen molar-refractivity contribution < 1.29 is 14.3 Å². The van der Waals surface area contributed by atoms with Crippen molar-refractivity contribution in [1.82, 2.24) is 4.90 Å². The number of hydrogen-bond donors (Lipinski definition) is 1. The lowest BCUT2D eigenvalue weighted by Gasteiger charge is -2.35. The minimum absolute atomic E-state index is 0.0586. The van der Waals surface area contributed by atoms with Crippen LogP contribution in [0.5, 0.6) is 0 Å². The predicted octanol–water partition coefficient (Wildman–Crippen LogP) is 3.93. The second kappa shape index (κ2) is 7.12. The average Bonchev–Trinajstić information content (AvgIpc) is 3.04. The predicted molar refractivity (Wildman–Crippen MR) is 108 cm³/mol. The van der Waals surface area contributed by atoms with E-state index in [4.69, 9.17) is 4.74 Å². The monoisotopic (exact) mass is 393 g/mol. The maximum absolute atomic E-state index is 13.6. The number of rotatable bonds is 5. The Bertz CT molecular complexity index is 696. The summed E-state index contributed by atoms with van der Waals surface area (Å²) in [5, 5.41) is 0.0644. The maximum Gasteiger partial charge on any atom is 0.314 e. The Morgan fingerprint density at radius 1 is 1.35 bits per heavy atom. The SMILES string of the molecule is COC(=O)C12CCC(SC(C)S)C1(C)C(=O)N([C@H](C)c1ccccc1)C2. The molecule has 0 aromatic heterocycles. The summed E-state index contributed by atoms with van der Waals surface area (Å²) in [5.74, 6) is -0.200. The van der Waals surface area contributed by atoms with E-state index in [2.05, 4.69) is 12.6 Å². The lowest BCUT2D eigenvalue weighted by Crippen LogP contribution is -2.47. The van der Waals surface area contributed by atoms with Gasteiger partial charge in [-0.2, -0.15) is 12.6 Å². The lowest BCUT2D eigenvalue weighted by atomic mass is 9.69. The smallest absolute Gasteiger partial charge is 0.314 e. The molecular formula is C20H27NO3S2. The van der Waals surface area contributed by atoms with E-state index in [-0.39, 0.29) is 27.8 Å². The van der Waals surface area contributed by atoms with E-state index >= 15 is 0 Å². The molecule has 1 heterocycles. The first-order valence-electron chi connectivity index (χ1n) is 9.06. The summed E-state index contributed by atoms with van der Waals surface area (Å²) in [6, 6.07) is 9.90. The van der Waals surface area contributed by atoms with E-state index in [1.165, 1.54) is 7.11 Å². The first-order valence-corrected chi connectivity index (χ1v) is 10.5. The van der Waals surface area contributed by atoms with Crippen molar-refractivity contribution in [1.29, 1.82) is 0 Å². The van der Waals surface area contributed by atoms with E-state index in [9.17, 15) is 9.59 Å². The quantitative estimate of drug-likeness (QED) is 0.468. The molecule has 1 saturated carbocycles. The zero-order valence-electron chi connectivity index (χ0n) is 15.8. The number of ether oxygens (including phenoxy) is 1. The number of carbonyl (C=O) groups is 2. The van der Waals surface area contributed by atoms with Crippen LogP contribution in [0.3, 0.4) is 0 Å². The Morgan fingerprint density at radius 2 is 2.00 bits per heavy atom. The van der Waals surface area contributed by atoms with Crippen LogP contribution in [-0.2, 0) is 14.3 Å². The van der Waals surface area contributed by atoms with E-state index in [0.717, 1.165) is 12.0 Å². The Kier molecular flexibility index (Phi) is 5.37. The van der Waals surface area contributed by atoms with Gasteiger partial charge in [-0.3, -0.25) is 9.59 Å². The summed E-state index contributed by atoms with van der Waals surface area (Å²) in [7, 11) is 1.42. The molecule has 2 fully saturated rings. The Labute approximate surface area is 165 Å². The van der Waals surface area contributed by atoms with Crippen molar-refractivity contribution in [2.75, 3.05) is 13.7 Å². The highest BCUT2D eigenvalue weighted by molar-refractivity contribution is 8.10. The summed E-state index contributed by atoms with van der Waals surface area (Å²) in [5.41, 5.74) is -0.455. The fourth-order valence-corrected chi connectivity index (χ4v) is 6.49. The van der Waals surface area contributed by atoms with Crippen molar-refractivity contribution >= 4 is 36.3 Å². The van der Waals surface area contributed by atoms with E-state index in [1.807, 2.05) is 56.0 Å². The molecule has 4 nitrogen and oxygen atoms in total. The van der Waals surface area contributed by atoms with Gasteiger partial charge in [0.15, 0.2) is 0 Å². The number of benzene rings is 1. The van der Waals surface area contributed by atoms with Crippen LogP contribution in [0.25, 0.3) is 0 Å². The molecule has 0 bridgehead atoms. The minimum atomic E-state index is -0.776. The van der Waals surface area contributed by atoms with Crippen molar-refractivity contribution in [3.63, 3.8) is 0 Å². The molecule has 0 spiro atoms. The number of esters is 1. The van der Waals surface area contributed by atoms with E-state index in [0.29, 0.717) is 13.0 Å². The number of carbonyl (C=O) groups excluding carboxylic acids is 2. The number of amides is 1. The number of methoxy groups -OCH3 is 1. The highest BCUT2D eigenvalue weighted by atomic mass is 32.2. The molecule has 26 heavy (non-hydrogen) atoms. The second-order valence-corrected chi connectivity index (χ2v) is 10.2. The molecule has 1 amide bonds. The van der Waals surface area contributed by atoms with Gasteiger partial charge in [0.25, 0.3) is 0 Å². The number of fused-ring (bicyclic) bond motifs is 1. The summed E-state index contributed by atoms with van der Waals surface area (Å²) in [4.78, 5) is 28.4. The summed E-state index contributed by atoms with van der Waals surface area (Å²) >= 11 is 6.20. The Morgan fingerprint density at radius 3 is 2.58 bits per heavy atom. The minimum Gasteiger partial charge on any atom is -0.469 e. The standard InChI is InChI=1S/C20H27NO3S2/c1-13(15-8-6-5-7-9-15)21-12-20(18(23)24-4)11-10-16(26-14(2)25)19(20,3)17(21)22/h5-9,13-14,16,25H,10-12H2,1-4H3/t13-,14?,16?,19?,20?/m1/s1. The van der Waals surface area contributed by atoms with Crippen LogP contribution in [0.2, 0.25) is 0 Å². The molecule has 0 radical (unpaired) electrons. The highest BCUT2D eigenvalue weighted by Gasteiger charge is 2.72. The van der Waals surface area contributed by atoms with Crippen LogP contribution in [0.1, 0.15) is 45.2 Å². The normalized spacial score (nSPS) is 33.0. The molecule has 1 aliphatic carbocycles. The van der Waals surface area contributed by atoms with Gasteiger partial charge in [0.1, 0.15) is 5.41 Å². The van der Waals surface area contributed by atoms with Gasteiger partial charge in [0.05, 0.1) is 18.6 Å². The highest BCUT2D eigenvalue weighted by Crippen LogP contribution is 2.63. The van der Waals surface area contributed by atoms with Crippen LogP contribution in [0, 0.1) is 10.8 Å². The molecule has 1 aromatic rings. The average molecular weight is 394 g/mol. The largest absolute Gasteiger partial charge is 0.469 e. The van der Waals surface area contributed by atoms with Gasteiger partial charge in [-0.15, -0.1) is 11.8 Å². The van der Waals surface area contributed by atoms with Crippen LogP contribution < -0.4 is 0 Å². The fourth-order valence-electron chi connectivity index (χ4n) is 4.72. The van der Waals surface area contributed by atoms with Crippen LogP contribution in [-0.4, -0.2) is 40.3 Å². The first-order chi connectivity index (χ1) is 12.3. The molecule has 2 aliphatic rings. The van der Waals surface area contributed by atoms with E-state index < -0.39 is 10.8 Å². The van der Waals surface area contributed by atoms with Crippen molar-refractivity contribution in [2.45, 2.75) is 49.5 Å². The molecule has 6 heteroatoms. The van der Waals surface area contributed by atoms with Crippen LogP contribution in [0.4, 0.5) is 0 Å². The Balaban J connectivity index is 2.01. The van der Waals surface area contributed by atoms with Gasteiger partial charge >= 0.3 is 5.97 Å². The van der Waals surface area contributed by atoms with Gasteiger partial charge < -0.3 is 9.64 Å². The van der Waals surface area contributed by atoms with Crippen LogP contribution in [0.15, 0.2) is 30.3 Å². The molecule has 142 valence electrons. The van der Waals surface area contributed by atoms with Crippen molar-refractivity contribution in [3.8, 4) is 0 Å². The van der Waals surface area contributed by atoms with Gasteiger partial charge in [-0.05, 0) is 39.2 Å². The zero-order chi connectivity index (χ0) is 19.1. The van der Waals surface area contributed by atoms with Crippen LogP contribution >= 0.6 is 24.4 Å². The third-order valence-corrected chi connectivity index (χ3v) is 8.10. The number of hydrogen-bond acceptors (Lipinski definition) is 5.